The molecule has 1 atom stereocenters. The van der Waals surface area contributed by atoms with Gasteiger partial charge in [-0.05, 0) is 37.6 Å². The van der Waals surface area contributed by atoms with E-state index in [1.807, 2.05) is 43.5 Å². The van der Waals surface area contributed by atoms with Crippen molar-refractivity contribution < 1.29 is 0 Å². The molecule has 5 heteroatoms. The number of allylic oxidation sites excluding steroid dienone is 1. The molecular formula is C16H27N5. The lowest BCUT2D eigenvalue weighted by molar-refractivity contribution is 0.510. The molecule has 0 aliphatic rings. The van der Waals surface area contributed by atoms with Crippen molar-refractivity contribution in [3.8, 4) is 0 Å². The van der Waals surface area contributed by atoms with Crippen LogP contribution in [0.5, 0.6) is 0 Å². The van der Waals surface area contributed by atoms with Crippen molar-refractivity contribution in [3.63, 3.8) is 0 Å². The first-order valence-electron chi connectivity index (χ1n) is 7.30. The first kappa shape index (κ1) is 17.0. The van der Waals surface area contributed by atoms with Crippen LogP contribution in [0, 0.1) is 11.3 Å². The zero-order chi connectivity index (χ0) is 15.7. The molecule has 5 N–H and O–H groups in total. The topological polar surface area (TPSA) is 77.2 Å². The summed E-state index contributed by atoms with van der Waals surface area (Å²) in [5.41, 5.74) is 1.74. The first-order valence-corrected chi connectivity index (χ1v) is 7.30. The summed E-state index contributed by atoms with van der Waals surface area (Å²) in [7, 11) is 1.79. The van der Waals surface area contributed by atoms with Gasteiger partial charge < -0.3 is 15.6 Å². The molecule has 116 valence electrons. The van der Waals surface area contributed by atoms with Crippen LogP contribution in [0.15, 0.2) is 36.5 Å². The number of nitrogens with zero attached hydrogens (tertiary/aromatic N) is 1. The second kappa shape index (κ2) is 9.02. The predicted molar refractivity (Wildman–Crippen MR) is 90.5 cm³/mol. The number of anilines is 1. The summed E-state index contributed by atoms with van der Waals surface area (Å²) in [6.45, 7) is 5.94. The lowest BCUT2D eigenvalue weighted by Crippen LogP contribution is -2.28. The summed E-state index contributed by atoms with van der Waals surface area (Å²) >= 11 is 0. The third kappa shape index (κ3) is 6.31. The van der Waals surface area contributed by atoms with Crippen molar-refractivity contribution in [2.75, 3.05) is 25.1 Å². The van der Waals surface area contributed by atoms with E-state index in [0.717, 1.165) is 30.8 Å². The monoisotopic (exact) mass is 289 g/mol. The number of nitrogens with two attached hydrogens (primary N) is 1. The Morgan fingerprint density at radius 3 is 2.90 bits per heavy atom. The third-order valence-corrected chi connectivity index (χ3v) is 3.23. The van der Waals surface area contributed by atoms with E-state index in [-0.39, 0.29) is 0 Å². The lowest BCUT2D eigenvalue weighted by atomic mass is 10.1. The van der Waals surface area contributed by atoms with E-state index in [1.54, 1.807) is 12.1 Å². The Balaban J connectivity index is 2.38. The smallest absolute Gasteiger partial charge is 0.125 e. The van der Waals surface area contributed by atoms with Gasteiger partial charge in [-0.2, -0.15) is 0 Å². The Morgan fingerprint density at radius 1 is 1.48 bits per heavy atom. The number of nitrogens with one attached hydrogen (secondary N) is 3. The Kier molecular flexibility index (Phi) is 7.32. The molecule has 21 heavy (non-hydrogen) atoms. The van der Waals surface area contributed by atoms with E-state index in [9.17, 15) is 0 Å². The van der Waals surface area contributed by atoms with Crippen molar-refractivity contribution in [2.45, 2.75) is 20.3 Å². The predicted octanol–water partition coefficient (Wildman–Crippen LogP) is 2.06. The molecular weight excluding hydrogens is 262 g/mol. The molecule has 1 rings (SSSR count). The Labute approximate surface area is 127 Å². The molecule has 0 aliphatic carbocycles. The van der Waals surface area contributed by atoms with E-state index < -0.39 is 0 Å². The van der Waals surface area contributed by atoms with Gasteiger partial charge >= 0.3 is 0 Å². The van der Waals surface area contributed by atoms with E-state index >= 15 is 0 Å². The molecule has 0 amide bonds. The SMILES string of the molecule is C/C=C\NC[C@@H](C)CCNC(=N)c1cccc(N(C)N)c1. The van der Waals surface area contributed by atoms with Crippen molar-refractivity contribution in [1.82, 2.24) is 10.6 Å². The Hall–Kier alpha value is -2.01. The van der Waals surface area contributed by atoms with Gasteiger partial charge in [0.1, 0.15) is 5.84 Å². The van der Waals surface area contributed by atoms with E-state index in [2.05, 4.69) is 17.6 Å². The van der Waals surface area contributed by atoms with Crippen LogP contribution < -0.4 is 21.5 Å². The number of hydrogen-bond acceptors (Lipinski definition) is 4. The van der Waals surface area contributed by atoms with Crippen LogP contribution in [0.4, 0.5) is 5.69 Å². The van der Waals surface area contributed by atoms with Gasteiger partial charge in [-0.25, -0.2) is 5.84 Å². The maximum Gasteiger partial charge on any atom is 0.125 e. The Morgan fingerprint density at radius 2 is 2.24 bits per heavy atom. The maximum absolute atomic E-state index is 8.08. The summed E-state index contributed by atoms with van der Waals surface area (Å²) in [6, 6.07) is 7.66. The van der Waals surface area contributed by atoms with Crippen LogP contribution in [-0.2, 0) is 0 Å². The molecule has 0 saturated carbocycles. The fourth-order valence-electron chi connectivity index (χ4n) is 1.92. The molecule has 0 aromatic heterocycles. The molecule has 1 aromatic rings. The summed E-state index contributed by atoms with van der Waals surface area (Å²) in [5.74, 6) is 6.71. The summed E-state index contributed by atoms with van der Waals surface area (Å²) in [6.07, 6.45) is 4.96. The van der Waals surface area contributed by atoms with Crippen LogP contribution >= 0.6 is 0 Å². The van der Waals surface area contributed by atoms with Gasteiger partial charge in [0.2, 0.25) is 0 Å². The zero-order valence-corrected chi connectivity index (χ0v) is 13.2. The largest absolute Gasteiger partial charge is 0.391 e. The quantitative estimate of drug-likeness (QED) is 0.256. The van der Waals surface area contributed by atoms with Crippen LogP contribution in [0.3, 0.4) is 0 Å². The van der Waals surface area contributed by atoms with Gasteiger partial charge in [0.05, 0.1) is 5.69 Å². The van der Waals surface area contributed by atoms with E-state index in [4.69, 9.17) is 11.3 Å². The molecule has 1 aromatic carbocycles. The minimum Gasteiger partial charge on any atom is -0.391 e. The van der Waals surface area contributed by atoms with Crippen molar-refractivity contribution >= 4 is 11.5 Å². The van der Waals surface area contributed by atoms with Gasteiger partial charge in [-0.1, -0.05) is 25.1 Å². The van der Waals surface area contributed by atoms with Crippen molar-refractivity contribution in [3.05, 3.63) is 42.1 Å². The van der Waals surface area contributed by atoms with Gasteiger partial charge in [0, 0.05) is 25.7 Å². The summed E-state index contributed by atoms with van der Waals surface area (Å²) in [5, 5.41) is 16.0. The summed E-state index contributed by atoms with van der Waals surface area (Å²) < 4.78 is 0. The normalized spacial score (nSPS) is 12.2. The molecule has 0 spiro atoms. The molecule has 0 bridgehead atoms. The summed E-state index contributed by atoms with van der Waals surface area (Å²) in [4.78, 5) is 0. The fraction of sp³-hybridized carbons (Fsp3) is 0.438. The van der Waals surface area contributed by atoms with Crippen LogP contribution in [0.2, 0.25) is 0 Å². The number of benzene rings is 1. The fourth-order valence-corrected chi connectivity index (χ4v) is 1.92. The van der Waals surface area contributed by atoms with Crippen LogP contribution in [-0.4, -0.2) is 26.0 Å². The van der Waals surface area contributed by atoms with Crippen molar-refractivity contribution in [2.24, 2.45) is 11.8 Å². The average molecular weight is 289 g/mol. The molecule has 0 unspecified atom stereocenters. The molecule has 0 heterocycles. The minimum absolute atomic E-state index is 0.437. The molecule has 0 fully saturated rings. The number of amidine groups is 1. The zero-order valence-electron chi connectivity index (χ0n) is 13.2. The lowest BCUT2D eigenvalue weighted by Gasteiger charge is -2.15. The number of hydrazine groups is 1. The Bertz CT molecular complexity index is 467. The second-order valence-electron chi connectivity index (χ2n) is 5.27. The highest BCUT2D eigenvalue weighted by molar-refractivity contribution is 5.97. The minimum atomic E-state index is 0.437. The van der Waals surface area contributed by atoms with Crippen LogP contribution in [0.1, 0.15) is 25.8 Å². The second-order valence-corrected chi connectivity index (χ2v) is 5.27. The highest BCUT2D eigenvalue weighted by Crippen LogP contribution is 2.12. The number of rotatable bonds is 8. The van der Waals surface area contributed by atoms with Gasteiger partial charge in [0.15, 0.2) is 0 Å². The highest BCUT2D eigenvalue weighted by atomic mass is 15.4. The van der Waals surface area contributed by atoms with Gasteiger partial charge in [-0.3, -0.25) is 5.41 Å². The van der Waals surface area contributed by atoms with E-state index in [1.165, 1.54) is 0 Å². The highest BCUT2D eigenvalue weighted by Gasteiger charge is 2.05. The van der Waals surface area contributed by atoms with Gasteiger partial charge in [-0.15, -0.1) is 0 Å². The maximum atomic E-state index is 8.08. The first-order chi connectivity index (χ1) is 10.0. The molecule has 0 saturated heterocycles. The van der Waals surface area contributed by atoms with Crippen molar-refractivity contribution in [1.29, 1.82) is 5.41 Å². The third-order valence-electron chi connectivity index (χ3n) is 3.23. The molecule has 5 nitrogen and oxygen atoms in total. The molecule has 0 radical (unpaired) electrons. The number of hydrogen-bond donors (Lipinski definition) is 4. The van der Waals surface area contributed by atoms with Gasteiger partial charge in [0.25, 0.3) is 0 Å². The standard InChI is InChI=1S/C16H27N5/c1-4-9-19-12-13(2)8-10-20-16(17)14-6-5-7-15(11-14)21(3)18/h4-7,9,11,13,19H,8,10,12,18H2,1-3H3,(H2,17,20)/b9-4-/t13-/m0/s1. The van der Waals surface area contributed by atoms with E-state index in [0.29, 0.717) is 11.8 Å². The van der Waals surface area contributed by atoms with Crippen LogP contribution in [0.25, 0.3) is 0 Å². The molecule has 0 aliphatic heterocycles. The average Bonchev–Trinajstić information content (AvgIpc) is 2.47.